The molecule has 0 aromatic rings. The molecule has 2 aliphatic rings. The molecular formula is C16H30N2O2. The highest BCUT2D eigenvalue weighted by Crippen LogP contribution is 2.28. The van der Waals surface area contributed by atoms with E-state index in [-0.39, 0.29) is 5.91 Å². The number of hydrogen-bond acceptors (Lipinski definition) is 3. The highest BCUT2D eigenvalue weighted by atomic mass is 16.5. The van der Waals surface area contributed by atoms with E-state index in [0.717, 1.165) is 44.8 Å². The minimum absolute atomic E-state index is 0.178. The summed E-state index contributed by atoms with van der Waals surface area (Å²) in [6.45, 7) is 2.62. The summed E-state index contributed by atoms with van der Waals surface area (Å²) in [6.07, 6.45) is 9.56. The summed E-state index contributed by atoms with van der Waals surface area (Å²) in [5.74, 6) is 1.00. The molecule has 1 aliphatic carbocycles. The predicted octanol–water partition coefficient (Wildman–Crippen LogP) is 2.18. The van der Waals surface area contributed by atoms with E-state index < -0.39 is 5.60 Å². The van der Waals surface area contributed by atoms with Gasteiger partial charge in [0.1, 0.15) is 5.60 Å². The van der Waals surface area contributed by atoms with Crippen molar-refractivity contribution in [3.8, 4) is 0 Å². The molecule has 20 heavy (non-hydrogen) atoms. The molecule has 4 nitrogen and oxygen atoms in total. The third-order valence-electron chi connectivity index (χ3n) is 5.14. The van der Waals surface area contributed by atoms with E-state index in [4.69, 9.17) is 4.74 Å². The topological polar surface area (TPSA) is 41.6 Å². The van der Waals surface area contributed by atoms with E-state index in [1.807, 2.05) is 11.9 Å². The fourth-order valence-corrected chi connectivity index (χ4v) is 3.64. The maximum atomic E-state index is 12.7. The lowest BCUT2D eigenvalue weighted by Crippen LogP contribution is -2.54. The van der Waals surface area contributed by atoms with Crippen LogP contribution in [0.5, 0.6) is 0 Å². The number of nitrogens with zero attached hydrogens (tertiary/aromatic N) is 1. The van der Waals surface area contributed by atoms with E-state index in [9.17, 15) is 4.79 Å². The van der Waals surface area contributed by atoms with Gasteiger partial charge in [-0.15, -0.1) is 0 Å². The first-order valence-corrected chi connectivity index (χ1v) is 8.19. The van der Waals surface area contributed by atoms with E-state index in [1.54, 1.807) is 7.11 Å². The number of carbonyl (C=O) groups is 1. The Morgan fingerprint density at radius 2 is 1.90 bits per heavy atom. The van der Waals surface area contributed by atoms with Gasteiger partial charge in [-0.1, -0.05) is 32.1 Å². The molecule has 0 radical (unpaired) electrons. The Bertz CT molecular complexity index is 308. The average Bonchev–Trinajstić information content (AvgIpc) is 2.53. The largest absolute Gasteiger partial charge is 0.368 e. The highest BCUT2D eigenvalue weighted by molar-refractivity contribution is 5.85. The van der Waals surface area contributed by atoms with Gasteiger partial charge in [0.25, 0.3) is 5.91 Å². The summed E-state index contributed by atoms with van der Waals surface area (Å²) in [4.78, 5) is 14.6. The number of rotatable bonds is 5. The first-order valence-electron chi connectivity index (χ1n) is 8.19. The summed E-state index contributed by atoms with van der Waals surface area (Å²) < 4.78 is 5.62. The van der Waals surface area contributed by atoms with Gasteiger partial charge in [0, 0.05) is 20.7 Å². The van der Waals surface area contributed by atoms with Crippen LogP contribution in [-0.4, -0.2) is 50.2 Å². The number of carbonyl (C=O) groups excluding carboxylic acids is 1. The van der Waals surface area contributed by atoms with Crippen LogP contribution >= 0.6 is 0 Å². The summed E-state index contributed by atoms with van der Waals surface area (Å²) in [6, 6.07) is 0. The Balaban J connectivity index is 1.83. The van der Waals surface area contributed by atoms with Crippen molar-refractivity contribution in [3.05, 3.63) is 0 Å². The second-order valence-electron chi connectivity index (χ2n) is 6.47. The van der Waals surface area contributed by atoms with Crippen LogP contribution in [0.25, 0.3) is 0 Å². The first-order chi connectivity index (χ1) is 9.68. The number of piperidine rings is 1. The van der Waals surface area contributed by atoms with E-state index in [2.05, 4.69) is 5.32 Å². The van der Waals surface area contributed by atoms with Crippen LogP contribution in [0.2, 0.25) is 0 Å². The van der Waals surface area contributed by atoms with Gasteiger partial charge in [-0.2, -0.15) is 0 Å². The Morgan fingerprint density at radius 1 is 1.25 bits per heavy atom. The van der Waals surface area contributed by atoms with Crippen LogP contribution in [0.1, 0.15) is 51.4 Å². The molecule has 2 fully saturated rings. The molecule has 116 valence electrons. The van der Waals surface area contributed by atoms with Gasteiger partial charge in [0.15, 0.2) is 0 Å². The minimum Gasteiger partial charge on any atom is -0.368 e. The Labute approximate surface area is 123 Å². The Morgan fingerprint density at radius 3 is 2.50 bits per heavy atom. The quantitative estimate of drug-likeness (QED) is 0.840. The number of likely N-dealkylation sites (N-methyl/N-ethyl adjacent to an activating group) is 1. The fraction of sp³-hybridized carbons (Fsp3) is 0.938. The van der Waals surface area contributed by atoms with Crippen molar-refractivity contribution < 1.29 is 9.53 Å². The van der Waals surface area contributed by atoms with Gasteiger partial charge >= 0.3 is 0 Å². The molecule has 1 saturated heterocycles. The molecule has 0 spiro atoms. The number of hydrogen-bond donors (Lipinski definition) is 1. The summed E-state index contributed by atoms with van der Waals surface area (Å²) in [5, 5.41) is 3.30. The van der Waals surface area contributed by atoms with Crippen molar-refractivity contribution >= 4 is 5.91 Å². The minimum atomic E-state index is -0.577. The zero-order chi connectivity index (χ0) is 14.4. The van der Waals surface area contributed by atoms with Gasteiger partial charge in [0.2, 0.25) is 0 Å². The standard InChI is InChI=1S/C16H30N2O2/c1-18(13-8-14-6-4-3-5-7-14)15(19)16(20-2)9-11-17-12-10-16/h14,17H,3-13H2,1-2H3. The SMILES string of the molecule is COC1(C(=O)N(C)CCC2CCCCC2)CCNCC1. The highest BCUT2D eigenvalue weighted by Gasteiger charge is 2.41. The summed E-state index contributed by atoms with van der Waals surface area (Å²) in [5.41, 5.74) is -0.577. The number of methoxy groups -OCH3 is 1. The van der Waals surface area contributed by atoms with Crippen molar-refractivity contribution in [2.45, 2.75) is 57.0 Å². The molecule has 1 amide bonds. The van der Waals surface area contributed by atoms with Gasteiger partial charge in [-0.05, 0) is 38.3 Å². The molecule has 0 aromatic heterocycles. The molecule has 1 aliphatic heterocycles. The van der Waals surface area contributed by atoms with Gasteiger partial charge < -0.3 is 15.0 Å². The maximum absolute atomic E-state index is 12.7. The molecule has 0 unspecified atom stereocenters. The number of ether oxygens (including phenoxy) is 1. The summed E-state index contributed by atoms with van der Waals surface area (Å²) >= 11 is 0. The van der Waals surface area contributed by atoms with Gasteiger partial charge in [-0.25, -0.2) is 0 Å². The monoisotopic (exact) mass is 282 g/mol. The second-order valence-corrected chi connectivity index (χ2v) is 6.47. The third-order valence-corrected chi connectivity index (χ3v) is 5.14. The average molecular weight is 282 g/mol. The lowest BCUT2D eigenvalue weighted by atomic mass is 9.86. The first kappa shape index (κ1) is 15.8. The molecule has 1 N–H and O–H groups in total. The molecular weight excluding hydrogens is 252 g/mol. The van der Waals surface area contributed by atoms with E-state index >= 15 is 0 Å². The molecule has 4 heteroatoms. The van der Waals surface area contributed by atoms with E-state index in [1.165, 1.54) is 32.1 Å². The lowest BCUT2D eigenvalue weighted by molar-refractivity contribution is -0.157. The lowest BCUT2D eigenvalue weighted by Gasteiger charge is -2.38. The molecule has 0 aromatic carbocycles. The van der Waals surface area contributed by atoms with Gasteiger partial charge in [0.05, 0.1) is 0 Å². The van der Waals surface area contributed by atoms with Crippen LogP contribution in [-0.2, 0) is 9.53 Å². The number of nitrogens with one attached hydrogen (secondary N) is 1. The Hall–Kier alpha value is -0.610. The van der Waals surface area contributed by atoms with Crippen LogP contribution in [0.4, 0.5) is 0 Å². The molecule has 0 atom stereocenters. The van der Waals surface area contributed by atoms with Crippen LogP contribution in [0.15, 0.2) is 0 Å². The predicted molar refractivity (Wildman–Crippen MR) is 80.7 cm³/mol. The Kier molecular flexibility index (Phi) is 5.85. The van der Waals surface area contributed by atoms with Crippen molar-refractivity contribution in [3.63, 3.8) is 0 Å². The van der Waals surface area contributed by atoms with Crippen LogP contribution < -0.4 is 5.32 Å². The third kappa shape index (κ3) is 3.73. The molecule has 2 rings (SSSR count). The number of amides is 1. The van der Waals surface area contributed by atoms with Crippen LogP contribution in [0.3, 0.4) is 0 Å². The molecule has 1 heterocycles. The summed E-state index contributed by atoms with van der Waals surface area (Å²) in [7, 11) is 3.62. The normalized spacial score (nSPS) is 23.5. The smallest absolute Gasteiger partial charge is 0.254 e. The van der Waals surface area contributed by atoms with Crippen molar-refractivity contribution in [2.75, 3.05) is 33.8 Å². The molecule has 1 saturated carbocycles. The second kappa shape index (κ2) is 7.41. The zero-order valence-electron chi connectivity index (χ0n) is 13.1. The molecule has 0 bridgehead atoms. The fourth-order valence-electron chi connectivity index (χ4n) is 3.64. The van der Waals surface area contributed by atoms with Crippen LogP contribution in [0, 0.1) is 5.92 Å². The van der Waals surface area contributed by atoms with Crippen molar-refractivity contribution in [1.82, 2.24) is 10.2 Å². The van der Waals surface area contributed by atoms with E-state index in [0.29, 0.717) is 0 Å². The zero-order valence-corrected chi connectivity index (χ0v) is 13.1. The maximum Gasteiger partial charge on any atom is 0.254 e. The van der Waals surface area contributed by atoms with Gasteiger partial charge in [-0.3, -0.25) is 4.79 Å². The van der Waals surface area contributed by atoms with Crippen molar-refractivity contribution in [1.29, 1.82) is 0 Å². The van der Waals surface area contributed by atoms with Crippen molar-refractivity contribution in [2.24, 2.45) is 5.92 Å².